The Morgan fingerprint density at radius 3 is 2.50 bits per heavy atom. The van der Waals surface area contributed by atoms with Crippen LogP contribution in [-0.2, 0) is 0 Å². The number of rotatable bonds is 4. The van der Waals surface area contributed by atoms with Crippen molar-refractivity contribution in [1.29, 1.82) is 0 Å². The topological polar surface area (TPSA) is 53.1 Å². The molecule has 5 nitrogen and oxygen atoms in total. The van der Waals surface area contributed by atoms with Crippen LogP contribution in [0.2, 0.25) is 0 Å². The summed E-state index contributed by atoms with van der Waals surface area (Å²) in [5.74, 6) is 1.55. The van der Waals surface area contributed by atoms with Crippen molar-refractivity contribution in [3.63, 3.8) is 0 Å². The zero-order chi connectivity index (χ0) is 13.0. The number of anilines is 4. The molecule has 0 saturated carbocycles. The van der Waals surface area contributed by atoms with E-state index in [4.69, 9.17) is 0 Å². The quantitative estimate of drug-likeness (QED) is 0.863. The number of benzene rings is 1. The van der Waals surface area contributed by atoms with Gasteiger partial charge in [-0.25, -0.2) is 9.97 Å². The predicted octanol–water partition coefficient (Wildman–Crippen LogP) is 2.33. The Morgan fingerprint density at radius 2 is 1.78 bits per heavy atom. The van der Waals surface area contributed by atoms with Gasteiger partial charge in [-0.05, 0) is 12.1 Å². The first-order chi connectivity index (χ1) is 8.70. The Kier molecular flexibility index (Phi) is 3.62. The molecular formula is C13H17N5. The number of aromatic nitrogens is 2. The van der Waals surface area contributed by atoms with Crippen molar-refractivity contribution in [2.24, 2.45) is 0 Å². The van der Waals surface area contributed by atoms with E-state index in [1.54, 1.807) is 0 Å². The van der Waals surface area contributed by atoms with E-state index < -0.39 is 0 Å². The van der Waals surface area contributed by atoms with Crippen LogP contribution in [0, 0.1) is 0 Å². The molecule has 0 aliphatic rings. The summed E-state index contributed by atoms with van der Waals surface area (Å²) in [5, 5.41) is 6.28. The lowest BCUT2D eigenvalue weighted by atomic mass is 10.2. The number of hydrogen-bond acceptors (Lipinski definition) is 5. The van der Waals surface area contributed by atoms with Gasteiger partial charge in [0, 0.05) is 27.2 Å². The number of nitrogens with zero attached hydrogens (tertiary/aromatic N) is 3. The minimum Gasteiger partial charge on any atom is -0.376 e. The summed E-state index contributed by atoms with van der Waals surface area (Å²) >= 11 is 0. The smallest absolute Gasteiger partial charge is 0.135 e. The lowest BCUT2D eigenvalue weighted by molar-refractivity contribution is 1.12. The van der Waals surface area contributed by atoms with Gasteiger partial charge in [0.25, 0.3) is 0 Å². The molecule has 2 aromatic rings. The van der Waals surface area contributed by atoms with Gasteiger partial charge in [0.1, 0.15) is 18.0 Å². The Balaban J connectivity index is 2.28. The van der Waals surface area contributed by atoms with Gasteiger partial charge in [-0.15, -0.1) is 0 Å². The first kappa shape index (κ1) is 12.2. The third kappa shape index (κ3) is 2.68. The molecule has 1 aromatic carbocycles. The summed E-state index contributed by atoms with van der Waals surface area (Å²) in [6, 6.07) is 9.96. The summed E-state index contributed by atoms with van der Waals surface area (Å²) in [7, 11) is 5.86. The van der Waals surface area contributed by atoms with Crippen molar-refractivity contribution >= 4 is 23.0 Å². The molecule has 0 aliphatic heterocycles. The molecule has 94 valence electrons. The summed E-state index contributed by atoms with van der Waals surface area (Å²) in [6.07, 6.45) is 1.53. The van der Waals surface area contributed by atoms with E-state index in [1.165, 1.54) is 6.33 Å². The van der Waals surface area contributed by atoms with Crippen molar-refractivity contribution in [3.05, 3.63) is 36.7 Å². The van der Waals surface area contributed by atoms with E-state index in [9.17, 15) is 0 Å². The fraction of sp³-hybridized carbons (Fsp3) is 0.231. The monoisotopic (exact) mass is 243 g/mol. The molecule has 0 saturated heterocycles. The second kappa shape index (κ2) is 5.35. The Labute approximate surface area is 107 Å². The fourth-order valence-electron chi connectivity index (χ4n) is 1.67. The number of nitrogens with one attached hydrogen (secondary N) is 2. The Morgan fingerprint density at radius 1 is 1.06 bits per heavy atom. The van der Waals surface area contributed by atoms with Gasteiger partial charge in [-0.2, -0.15) is 0 Å². The van der Waals surface area contributed by atoms with Crippen LogP contribution >= 0.6 is 0 Å². The number of hydrogen-bond donors (Lipinski definition) is 2. The van der Waals surface area contributed by atoms with Crippen LogP contribution in [0.25, 0.3) is 0 Å². The van der Waals surface area contributed by atoms with Crippen LogP contribution in [0.5, 0.6) is 0 Å². The largest absolute Gasteiger partial charge is 0.376 e. The lowest BCUT2D eigenvalue weighted by Gasteiger charge is -2.18. The maximum absolute atomic E-state index is 4.20. The van der Waals surface area contributed by atoms with Crippen molar-refractivity contribution in [2.75, 3.05) is 36.7 Å². The van der Waals surface area contributed by atoms with E-state index in [2.05, 4.69) is 31.6 Å². The van der Waals surface area contributed by atoms with Gasteiger partial charge in [0.05, 0.1) is 11.4 Å². The van der Waals surface area contributed by atoms with Gasteiger partial charge < -0.3 is 15.5 Å². The molecule has 0 fully saturated rings. The first-order valence-corrected chi connectivity index (χ1v) is 5.74. The highest BCUT2D eigenvalue weighted by Crippen LogP contribution is 2.26. The zero-order valence-corrected chi connectivity index (χ0v) is 10.8. The molecule has 5 heteroatoms. The first-order valence-electron chi connectivity index (χ1n) is 5.74. The van der Waals surface area contributed by atoms with E-state index in [-0.39, 0.29) is 0 Å². The Bertz CT molecular complexity index is 524. The molecule has 2 rings (SSSR count). The van der Waals surface area contributed by atoms with Crippen LogP contribution in [0.3, 0.4) is 0 Å². The minimum absolute atomic E-state index is 0.767. The average Bonchev–Trinajstić information content (AvgIpc) is 2.39. The molecule has 0 aliphatic carbocycles. The van der Waals surface area contributed by atoms with Gasteiger partial charge in [0.2, 0.25) is 0 Å². The van der Waals surface area contributed by atoms with Crippen molar-refractivity contribution in [2.45, 2.75) is 0 Å². The summed E-state index contributed by atoms with van der Waals surface area (Å²) in [5.41, 5.74) is 2.13. The predicted molar refractivity (Wildman–Crippen MR) is 75.6 cm³/mol. The molecular weight excluding hydrogens is 226 g/mol. The molecule has 2 N–H and O–H groups in total. The third-order valence-electron chi connectivity index (χ3n) is 2.57. The molecule has 18 heavy (non-hydrogen) atoms. The molecule has 0 atom stereocenters. The normalized spacial score (nSPS) is 9.94. The summed E-state index contributed by atoms with van der Waals surface area (Å²) in [4.78, 5) is 10.3. The third-order valence-corrected chi connectivity index (χ3v) is 2.57. The fourth-order valence-corrected chi connectivity index (χ4v) is 1.67. The Hall–Kier alpha value is -2.30. The molecule has 1 heterocycles. The minimum atomic E-state index is 0.767. The molecule has 0 radical (unpaired) electrons. The second-order valence-electron chi connectivity index (χ2n) is 4.08. The maximum Gasteiger partial charge on any atom is 0.135 e. The van der Waals surface area contributed by atoms with E-state index in [0.717, 1.165) is 23.0 Å². The van der Waals surface area contributed by atoms with Crippen molar-refractivity contribution in [1.82, 2.24) is 9.97 Å². The van der Waals surface area contributed by atoms with Crippen LogP contribution in [0.4, 0.5) is 23.0 Å². The molecule has 0 amide bonds. The summed E-state index contributed by atoms with van der Waals surface area (Å²) in [6.45, 7) is 0. The van der Waals surface area contributed by atoms with E-state index >= 15 is 0 Å². The number of para-hydroxylation sites is 2. The highest BCUT2D eigenvalue weighted by Gasteiger charge is 2.04. The lowest BCUT2D eigenvalue weighted by Crippen LogP contribution is -2.11. The van der Waals surface area contributed by atoms with E-state index in [0.29, 0.717) is 0 Å². The van der Waals surface area contributed by atoms with Crippen LogP contribution in [-0.4, -0.2) is 31.1 Å². The SMILES string of the molecule is CNc1cc(Nc2ccccc2N(C)C)ncn1. The van der Waals surface area contributed by atoms with Gasteiger partial charge in [-0.3, -0.25) is 0 Å². The maximum atomic E-state index is 4.20. The summed E-state index contributed by atoms with van der Waals surface area (Å²) < 4.78 is 0. The zero-order valence-electron chi connectivity index (χ0n) is 10.8. The van der Waals surface area contributed by atoms with Crippen LogP contribution < -0.4 is 15.5 Å². The van der Waals surface area contributed by atoms with Crippen molar-refractivity contribution in [3.8, 4) is 0 Å². The van der Waals surface area contributed by atoms with Crippen LogP contribution in [0.15, 0.2) is 36.7 Å². The van der Waals surface area contributed by atoms with Crippen LogP contribution in [0.1, 0.15) is 0 Å². The van der Waals surface area contributed by atoms with E-state index in [1.807, 2.05) is 45.4 Å². The molecule has 0 spiro atoms. The van der Waals surface area contributed by atoms with Gasteiger partial charge >= 0.3 is 0 Å². The van der Waals surface area contributed by atoms with Gasteiger partial charge in [0.15, 0.2) is 0 Å². The van der Waals surface area contributed by atoms with Gasteiger partial charge in [-0.1, -0.05) is 12.1 Å². The molecule has 1 aromatic heterocycles. The molecule has 0 unspecified atom stereocenters. The highest BCUT2D eigenvalue weighted by molar-refractivity contribution is 5.74. The average molecular weight is 243 g/mol. The second-order valence-corrected chi connectivity index (χ2v) is 4.08. The molecule has 0 bridgehead atoms. The highest BCUT2D eigenvalue weighted by atomic mass is 15.1. The standard InChI is InChI=1S/C13H17N5/c1-14-12-8-13(16-9-15-12)17-10-6-4-5-7-11(10)18(2)3/h4-9H,1-3H3,(H2,14,15,16,17). The van der Waals surface area contributed by atoms with Crippen molar-refractivity contribution < 1.29 is 0 Å².